The number of nitrogens with two attached hydrogens (primary N) is 1. The van der Waals surface area contributed by atoms with Gasteiger partial charge in [0.2, 0.25) is 5.95 Å². The summed E-state index contributed by atoms with van der Waals surface area (Å²) in [5.74, 6) is 2.40. The molecule has 0 saturated carbocycles. The minimum atomic E-state index is 0.167. The highest BCUT2D eigenvalue weighted by atomic mass is 16.5. The molecule has 142 valence electrons. The molecule has 0 radical (unpaired) electrons. The smallest absolute Gasteiger partial charge is 0.346 e. The molecule has 3 rings (SSSR count). The van der Waals surface area contributed by atoms with E-state index in [1.54, 1.807) is 18.9 Å². The quantitative estimate of drug-likeness (QED) is 0.607. The van der Waals surface area contributed by atoms with Crippen LogP contribution in [0.4, 0.5) is 11.9 Å². The first-order valence-electron chi connectivity index (χ1n) is 8.50. The van der Waals surface area contributed by atoms with E-state index in [2.05, 4.69) is 10.1 Å². The van der Waals surface area contributed by atoms with Gasteiger partial charge >= 0.3 is 5.95 Å². The second-order valence-corrected chi connectivity index (χ2v) is 6.10. The Morgan fingerprint density at radius 1 is 0.963 bits per heavy atom. The van der Waals surface area contributed by atoms with Crippen molar-refractivity contribution in [3.8, 4) is 11.5 Å². The summed E-state index contributed by atoms with van der Waals surface area (Å²) in [6, 6.07) is 15.6. The van der Waals surface area contributed by atoms with Crippen LogP contribution in [0.25, 0.3) is 0 Å². The van der Waals surface area contributed by atoms with E-state index in [0.29, 0.717) is 24.5 Å². The van der Waals surface area contributed by atoms with Crippen molar-refractivity contribution < 1.29 is 15.0 Å². The standard InChI is InChI=1S/C19H23N5O3/c1-23(12-14-4-8-16(26-2)9-5-14)19-20-18(22-25)21-24(19)13-15-6-10-17(27-3)11-7-15/h4-11H,12-13,22H2,1-3H3. The minimum Gasteiger partial charge on any atom is -0.628 e. The first-order chi connectivity index (χ1) is 13.1. The monoisotopic (exact) mass is 369 g/mol. The summed E-state index contributed by atoms with van der Waals surface area (Å²) in [5.41, 5.74) is 2.80. The van der Waals surface area contributed by atoms with Gasteiger partial charge in [0, 0.05) is 13.6 Å². The Balaban J connectivity index is 1.79. The molecule has 1 heterocycles. The summed E-state index contributed by atoms with van der Waals surface area (Å²) < 4.78 is 12.1. The van der Waals surface area contributed by atoms with Crippen molar-refractivity contribution in [2.75, 3.05) is 26.2 Å². The highest BCUT2D eigenvalue weighted by molar-refractivity contribution is 5.37. The predicted molar refractivity (Wildman–Crippen MR) is 102 cm³/mol. The number of ether oxygens (including phenoxy) is 2. The van der Waals surface area contributed by atoms with Gasteiger partial charge < -0.3 is 25.1 Å². The number of hydrogen-bond acceptors (Lipinski definition) is 6. The number of anilines is 1. The van der Waals surface area contributed by atoms with Crippen molar-refractivity contribution in [1.82, 2.24) is 14.8 Å². The van der Waals surface area contributed by atoms with Gasteiger partial charge in [0.15, 0.2) is 0 Å². The largest absolute Gasteiger partial charge is 0.628 e. The van der Waals surface area contributed by atoms with Gasteiger partial charge in [-0.05, 0) is 35.4 Å². The molecular formula is C19H23N5O3. The summed E-state index contributed by atoms with van der Waals surface area (Å²) in [6.45, 7) is 1.14. The molecular weight excluding hydrogens is 346 g/mol. The van der Waals surface area contributed by atoms with E-state index in [4.69, 9.17) is 9.47 Å². The van der Waals surface area contributed by atoms with Crippen molar-refractivity contribution in [2.24, 2.45) is 0 Å². The third kappa shape index (κ3) is 4.55. The zero-order chi connectivity index (χ0) is 19.2. The van der Waals surface area contributed by atoms with Gasteiger partial charge in [-0.1, -0.05) is 29.4 Å². The molecule has 2 aromatic carbocycles. The van der Waals surface area contributed by atoms with Crippen LogP contribution >= 0.6 is 0 Å². The number of rotatable bonds is 8. The lowest BCUT2D eigenvalue weighted by Crippen LogP contribution is -2.71. The SMILES string of the molecule is COc1ccc(CN(C)c2nc([NH2+][O-])nn2Cc2ccc(OC)cc2)cc1. The first-order valence-corrected chi connectivity index (χ1v) is 8.50. The molecule has 0 spiro atoms. The van der Waals surface area contributed by atoms with Gasteiger partial charge in [-0.2, -0.15) is 0 Å². The van der Waals surface area contributed by atoms with Crippen LogP contribution in [0.15, 0.2) is 48.5 Å². The van der Waals surface area contributed by atoms with Crippen molar-refractivity contribution >= 4 is 11.9 Å². The van der Waals surface area contributed by atoms with Crippen LogP contribution in [0.1, 0.15) is 11.1 Å². The Bertz CT molecular complexity index is 862. The maximum atomic E-state index is 11.2. The zero-order valence-electron chi connectivity index (χ0n) is 15.6. The van der Waals surface area contributed by atoms with Crippen LogP contribution in [0.3, 0.4) is 0 Å². The van der Waals surface area contributed by atoms with Crippen LogP contribution in [0, 0.1) is 5.21 Å². The second kappa shape index (κ2) is 8.52. The number of quaternary nitrogens is 1. The number of methoxy groups -OCH3 is 2. The Labute approximate surface area is 157 Å². The zero-order valence-corrected chi connectivity index (χ0v) is 15.6. The molecule has 0 fully saturated rings. The Morgan fingerprint density at radius 3 is 2.04 bits per heavy atom. The van der Waals surface area contributed by atoms with Crippen LogP contribution in [-0.4, -0.2) is 36.0 Å². The van der Waals surface area contributed by atoms with Crippen molar-refractivity contribution in [3.63, 3.8) is 0 Å². The molecule has 0 aliphatic heterocycles. The van der Waals surface area contributed by atoms with Gasteiger partial charge in [0.05, 0.1) is 20.8 Å². The van der Waals surface area contributed by atoms with Crippen molar-refractivity contribution in [3.05, 3.63) is 64.9 Å². The van der Waals surface area contributed by atoms with Crippen LogP contribution < -0.4 is 19.9 Å². The van der Waals surface area contributed by atoms with E-state index in [0.717, 1.165) is 22.6 Å². The molecule has 0 aliphatic carbocycles. The van der Waals surface area contributed by atoms with Gasteiger partial charge in [-0.3, -0.25) is 0 Å². The van der Waals surface area contributed by atoms with E-state index in [-0.39, 0.29) is 5.95 Å². The van der Waals surface area contributed by atoms with Crippen LogP contribution in [0.5, 0.6) is 11.5 Å². The maximum Gasteiger partial charge on any atom is 0.346 e. The minimum absolute atomic E-state index is 0.167. The normalized spacial score (nSPS) is 10.7. The number of benzene rings is 2. The summed E-state index contributed by atoms with van der Waals surface area (Å²) in [5, 5.41) is 15.5. The first kappa shape index (κ1) is 18.7. The highest BCUT2D eigenvalue weighted by Gasteiger charge is 2.16. The third-order valence-electron chi connectivity index (χ3n) is 4.19. The van der Waals surface area contributed by atoms with E-state index in [1.807, 2.05) is 60.5 Å². The lowest BCUT2D eigenvalue weighted by molar-refractivity contribution is -0.505. The van der Waals surface area contributed by atoms with Gasteiger partial charge in [-0.25, -0.2) is 4.68 Å². The molecule has 0 atom stereocenters. The predicted octanol–water partition coefficient (Wildman–Crippen LogP) is 1.67. The Hall–Kier alpha value is -3.10. The summed E-state index contributed by atoms with van der Waals surface area (Å²) in [7, 11) is 5.20. The van der Waals surface area contributed by atoms with Gasteiger partial charge in [-0.15, -0.1) is 4.98 Å². The van der Waals surface area contributed by atoms with Gasteiger partial charge in [0.1, 0.15) is 11.5 Å². The lowest BCUT2D eigenvalue weighted by Gasteiger charge is -2.18. The van der Waals surface area contributed by atoms with Crippen molar-refractivity contribution in [1.29, 1.82) is 0 Å². The molecule has 0 amide bonds. The number of aromatic nitrogens is 3. The molecule has 3 aromatic rings. The number of nitrogens with zero attached hydrogens (tertiary/aromatic N) is 4. The van der Waals surface area contributed by atoms with E-state index in [1.165, 1.54) is 0 Å². The van der Waals surface area contributed by atoms with E-state index in [9.17, 15) is 5.21 Å². The van der Waals surface area contributed by atoms with Crippen LogP contribution in [0.2, 0.25) is 0 Å². The molecule has 0 bridgehead atoms. The molecule has 0 unspecified atom stereocenters. The molecule has 1 aromatic heterocycles. The van der Waals surface area contributed by atoms with Crippen LogP contribution in [-0.2, 0) is 13.1 Å². The molecule has 0 aliphatic rings. The van der Waals surface area contributed by atoms with E-state index >= 15 is 0 Å². The second-order valence-electron chi connectivity index (χ2n) is 6.10. The summed E-state index contributed by atoms with van der Waals surface area (Å²) in [6.07, 6.45) is 0. The molecule has 0 saturated heterocycles. The fourth-order valence-corrected chi connectivity index (χ4v) is 2.77. The Morgan fingerprint density at radius 2 is 1.52 bits per heavy atom. The Kier molecular flexibility index (Phi) is 5.90. The van der Waals surface area contributed by atoms with Crippen molar-refractivity contribution in [2.45, 2.75) is 13.1 Å². The average molecular weight is 369 g/mol. The molecule has 8 nitrogen and oxygen atoms in total. The van der Waals surface area contributed by atoms with Gasteiger partial charge in [0.25, 0.3) is 0 Å². The average Bonchev–Trinajstić information content (AvgIpc) is 3.12. The highest BCUT2D eigenvalue weighted by Crippen LogP contribution is 2.19. The molecule has 2 N–H and O–H groups in total. The molecule has 8 heteroatoms. The fraction of sp³-hybridized carbons (Fsp3) is 0.263. The maximum absolute atomic E-state index is 11.2. The summed E-state index contributed by atoms with van der Waals surface area (Å²) >= 11 is 0. The summed E-state index contributed by atoms with van der Waals surface area (Å²) in [4.78, 5) is 6.31. The fourth-order valence-electron chi connectivity index (χ4n) is 2.77. The topological polar surface area (TPSA) is 92.1 Å². The third-order valence-corrected chi connectivity index (χ3v) is 4.19. The number of hydrogen-bond donors (Lipinski definition) is 1. The molecule has 27 heavy (non-hydrogen) atoms. The van der Waals surface area contributed by atoms with E-state index < -0.39 is 0 Å². The lowest BCUT2D eigenvalue weighted by atomic mass is 10.2.